The number of carbonyl (C=O) groups excluding carboxylic acids is 2. The van der Waals surface area contributed by atoms with Gasteiger partial charge in [-0.25, -0.2) is 4.79 Å². The Kier molecular flexibility index (Phi) is 7.07. The van der Waals surface area contributed by atoms with Crippen LogP contribution in [0.25, 0.3) is 0 Å². The van der Waals surface area contributed by atoms with E-state index in [-0.39, 0.29) is 17.9 Å². The largest absolute Gasteiger partial charge is 0.352 e. The quantitative estimate of drug-likeness (QED) is 0.599. The highest BCUT2D eigenvalue weighted by Crippen LogP contribution is 2.19. The van der Waals surface area contributed by atoms with Crippen molar-refractivity contribution in [3.05, 3.63) is 83.2 Å². The molecule has 2 N–H and O–H groups in total. The zero-order chi connectivity index (χ0) is 23.2. The Morgan fingerprint density at radius 2 is 1.73 bits per heavy atom. The Labute approximate surface area is 194 Å². The summed E-state index contributed by atoms with van der Waals surface area (Å²) in [6, 6.07) is 19.4. The Morgan fingerprint density at radius 3 is 2.45 bits per heavy atom. The number of likely N-dealkylation sites (tertiary alicyclic amines) is 1. The molecule has 3 aromatic rings. The molecule has 0 spiro atoms. The van der Waals surface area contributed by atoms with Crippen LogP contribution < -0.4 is 10.6 Å². The molecule has 0 unspecified atom stereocenters. The molecule has 1 saturated heterocycles. The van der Waals surface area contributed by atoms with Crippen LogP contribution in [-0.2, 0) is 17.9 Å². The van der Waals surface area contributed by atoms with Crippen LogP contribution in [0.3, 0.4) is 0 Å². The van der Waals surface area contributed by atoms with Gasteiger partial charge in [-0.2, -0.15) is 5.10 Å². The van der Waals surface area contributed by atoms with Crippen molar-refractivity contribution >= 4 is 17.6 Å². The van der Waals surface area contributed by atoms with Crippen molar-refractivity contribution in [3.8, 4) is 0 Å². The third-order valence-electron chi connectivity index (χ3n) is 6.25. The van der Waals surface area contributed by atoms with Gasteiger partial charge in [0.2, 0.25) is 5.91 Å². The lowest BCUT2D eigenvalue weighted by Gasteiger charge is -2.32. The SMILES string of the molecule is Cc1nn(Cc2ccccc2)c(C)c1CNC(=O)[C@@H]1CCCN(C(=O)Nc2ccccc2)C1. The third kappa shape index (κ3) is 5.61. The average Bonchev–Trinajstić information content (AvgIpc) is 3.10. The van der Waals surface area contributed by atoms with Crippen LogP contribution in [0.4, 0.5) is 10.5 Å². The zero-order valence-electron chi connectivity index (χ0n) is 19.3. The lowest BCUT2D eigenvalue weighted by atomic mass is 9.97. The van der Waals surface area contributed by atoms with Crippen LogP contribution in [0.2, 0.25) is 0 Å². The Hall–Kier alpha value is -3.61. The Balaban J connectivity index is 1.33. The maximum atomic E-state index is 12.9. The van der Waals surface area contributed by atoms with Gasteiger partial charge in [-0.15, -0.1) is 0 Å². The number of aryl methyl sites for hydroxylation is 1. The van der Waals surface area contributed by atoms with E-state index in [0.29, 0.717) is 26.2 Å². The summed E-state index contributed by atoms with van der Waals surface area (Å²) in [6.07, 6.45) is 1.60. The third-order valence-corrected chi connectivity index (χ3v) is 6.25. The number of aromatic nitrogens is 2. The first-order chi connectivity index (χ1) is 16.0. The molecule has 2 aromatic carbocycles. The summed E-state index contributed by atoms with van der Waals surface area (Å²) in [5, 5.41) is 10.7. The van der Waals surface area contributed by atoms with Gasteiger partial charge in [-0.1, -0.05) is 48.5 Å². The van der Waals surface area contributed by atoms with Crippen LogP contribution in [0.1, 0.15) is 35.4 Å². The Bertz CT molecular complexity index is 1090. The van der Waals surface area contributed by atoms with E-state index in [2.05, 4.69) is 27.9 Å². The van der Waals surface area contributed by atoms with E-state index in [1.165, 1.54) is 5.56 Å². The molecule has 7 nitrogen and oxygen atoms in total. The van der Waals surface area contributed by atoms with Gasteiger partial charge in [-0.3, -0.25) is 9.48 Å². The number of rotatable bonds is 6. The predicted molar refractivity (Wildman–Crippen MR) is 129 cm³/mol. The van der Waals surface area contributed by atoms with Gasteiger partial charge in [0.15, 0.2) is 0 Å². The zero-order valence-corrected chi connectivity index (χ0v) is 19.3. The maximum Gasteiger partial charge on any atom is 0.321 e. The highest BCUT2D eigenvalue weighted by atomic mass is 16.2. The maximum absolute atomic E-state index is 12.9. The fourth-order valence-corrected chi connectivity index (χ4v) is 4.32. The molecule has 4 rings (SSSR count). The lowest BCUT2D eigenvalue weighted by molar-refractivity contribution is -0.126. The number of nitrogens with one attached hydrogen (secondary N) is 2. The van der Waals surface area contributed by atoms with Gasteiger partial charge >= 0.3 is 6.03 Å². The summed E-state index contributed by atoms with van der Waals surface area (Å²) in [4.78, 5) is 27.3. The van der Waals surface area contributed by atoms with E-state index in [9.17, 15) is 9.59 Å². The Morgan fingerprint density at radius 1 is 1.03 bits per heavy atom. The second-order valence-corrected chi connectivity index (χ2v) is 8.59. The van der Waals surface area contributed by atoms with E-state index < -0.39 is 0 Å². The summed E-state index contributed by atoms with van der Waals surface area (Å²) in [7, 11) is 0. The van der Waals surface area contributed by atoms with Crippen molar-refractivity contribution in [2.75, 3.05) is 18.4 Å². The molecule has 1 atom stereocenters. The minimum absolute atomic E-state index is 0.0122. The average molecular weight is 446 g/mol. The molecular formula is C26H31N5O2. The predicted octanol–water partition coefficient (Wildman–Crippen LogP) is 4.11. The molecule has 1 aliphatic heterocycles. The van der Waals surface area contributed by atoms with E-state index in [1.807, 2.05) is 67.1 Å². The first-order valence-corrected chi connectivity index (χ1v) is 11.5. The van der Waals surface area contributed by atoms with Gasteiger partial charge in [0.25, 0.3) is 0 Å². The van der Waals surface area contributed by atoms with Crippen molar-refractivity contribution < 1.29 is 9.59 Å². The monoisotopic (exact) mass is 445 g/mol. The van der Waals surface area contributed by atoms with Crippen molar-refractivity contribution in [3.63, 3.8) is 0 Å². The van der Waals surface area contributed by atoms with Gasteiger partial charge in [0, 0.05) is 36.6 Å². The number of piperidine rings is 1. The molecule has 0 aliphatic carbocycles. The number of anilines is 1. The summed E-state index contributed by atoms with van der Waals surface area (Å²) in [6.45, 7) is 6.25. The number of carbonyl (C=O) groups is 2. The molecule has 0 radical (unpaired) electrons. The van der Waals surface area contributed by atoms with Gasteiger partial charge in [0.05, 0.1) is 18.2 Å². The first-order valence-electron chi connectivity index (χ1n) is 11.5. The molecule has 0 bridgehead atoms. The second-order valence-electron chi connectivity index (χ2n) is 8.59. The molecule has 2 heterocycles. The number of nitrogens with zero attached hydrogens (tertiary/aromatic N) is 3. The minimum Gasteiger partial charge on any atom is -0.352 e. The topological polar surface area (TPSA) is 79.3 Å². The summed E-state index contributed by atoms with van der Waals surface area (Å²) >= 11 is 0. The van der Waals surface area contributed by atoms with E-state index >= 15 is 0 Å². The van der Waals surface area contributed by atoms with Crippen LogP contribution in [0.15, 0.2) is 60.7 Å². The molecule has 1 aliphatic rings. The molecule has 3 amide bonds. The van der Waals surface area contributed by atoms with Gasteiger partial charge < -0.3 is 15.5 Å². The van der Waals surface area contributed by atoms with Crippen molar-refractivity contribution in [2.24, 2.45) is 5.92 Å². The molecule has 1 fully saturated rings. The van der Waals surface area contributed by atoms with Crippen LogP contribution in [-0.4, -0.2) is 39.7 Å². The molecule has 0 saturated carbocycles. The highest BCUT2D eigenvalue weighted by Gasteiger charge is 2.28. The van der Waals surface area contributed by atoms with Crippen molar-refractivity contribution in [2.45, 2.75) is 39.8 Å². The standard InChI is InChI=1S/C26H31N5O2/c1-19-24(20(2)31(29-19)17-21-10-5-3-6-11-21)16-27-25(32)22-12-9-15-30(18-22)26(33)28-23-13-7-4-8-14-23/h3-8,10-11,13-14,22H,9,12,15-18H2,1-2H3,(H,27,32)(H,28,33)/t22-/m1/s1. The normalized spacial score (nSPS) is 15.8. The first kappa shape index (κ1) is 22.6. The number of para-hydroxylation sites is 1. The molecule has 7 heteroatoms. The van der Waals surface area contributed by atoms with Crippen LogP contribution in [0.5, 0.6) is 0 Å². The lowest BCUT2D eigenvalue weighted by Crippen LogP contribution is -2.46. The smallest absolute Gasteiger partial charge is 0.321 e. The molecular weight excluding hydrogens is 414 g/mol. The molecule has 172 valence electrons. The van der Waals surface area contributed by atoms with E-state index in [1.54, 1.807) is 4.90 Å². The number of amides is 3. The number of hydrogen-bond donors (Lipinski definition) is 2. The molecule has 1 aromatic heterocycles. The summed E-state index contributed by atoms with van der Waals surface area (Å²) < 4.78 is 1.99. The molecule has 33 heavy (non-hydrogen) atoms. The number of hydrogen-bond acceptors (Lipinski definition) is 3. The van der Waals surface area contributed by atoms with Crippen molar-refractivity contribution in [1.82, 2.24) is 20.0 Å². The number of urea groups is 1. The van der Waals surface area contributed by atoms with Crippen LogP contribution >= 0.6 is 0 Å². The van der Waals surface area contributed by atoms with Gasteiger partial charge in [0.1, 0.15) is 0 Å². The van der Waals surface area contributed by atoms with E-state index in [0.717, 1.165) is 35.5 Å². The summed E-state index contributed by atoms with van der Waals surface area (Å²) in [5.41, 5.74) is 4.98. The fourth-order valence-electron chi connectivity index (χ4n) is 4.32. The van der Waals surface area contributed by atoms with Crippen molar-refractivity contribution in [1.29, 1.82) is 0 Å². The van der Waals surface area contributed by atoms with Crippen LogP contribution in [0, 0.1) is 19.8 Å². The highest BCUT2D eigenvalue weighted by molar-refractivity contribution is 5.90. The number of benzene rings is 2. The minimum atomic E-state index is -0.208. The fraction of sp³-hybridized carbons (Fsp3) is 0.346. The summed E-state index contributed by atoms with van der Waals surface area (Å²) in [5.74, 6) is -0.220. The van der Waals surface area contributed by atoms with Gasteiger partial charge in [-0.05, 0) is 44.4 Å². The van der Waals surface area contributed by atoms with E-state index in [4.69, 9.17) is 0 Å². The second kappa shape index (κ2) is 10.3.